The zero-order chi connectivity index (χ0) is 8.97. The Bertz CT molecular complexity index is 318. The van der Waals surface area contributed by atoms with Crippen molar-refractivity contribution < 1.29 is 13.6 Å². The van der Waals surface area contributed by atoms with Crippen LogP contribution in [0, 0.1) is 5.82 Å². The van der Waals surface area contributed by atoms with Gasteiger partial charge in [-0.2, -0.15) is 4.39 Å². The van der Waals surface area contributed by atoms with Crippen LogP contribution in [-0.4, -0.2) is 6.04 Å². The molecule has 0 saturated heterocycles. The summed E-state index contributed by atoms with van der Waals surface area (Å²) < 4.78 is 24.1. The minimum Gasteiger partial charge on any atom is -0.256 e. The average Bonchev–Trinajstić information content (AvgIpc) is 2.01. The van der Waals surface area contributed by atoms with Crippen LogP contribution >= 0.6 is 0 Å². The van der Waals surface area contributed by atoms with Gasteiger partial charge in [0.25, 0.3) is 0 Å². The summed E-state index contributed by atoms with van der Waals surface area (Å²) in [4.78, 5) is 9.85. The zero-order valence-electron chi connectivity index (χ0n) is 6.13. The molecule has 1 nitrogen and oxygen atoms in total. The van der Waals surface area contributed by atoms with Crippen LogP contribution in [0.2, 0.25) is 0 Å². The van der Waals surface area contributed by atoms with Crippen molar-refractivity contribution in [3.8, 4) is 0 Å². The fraction of sp³-hybridized carbons (Fsp3) is 0. The smallest absolute Gasteiger partial charge is 0.256 e. The van der Waals surface area contributed by atoms with Crippen LogP contribution in [0.5, 0.6) is 0 Å². The first-order valence-electron chi connectivity index (χ1n) is 3.31. The quantitative estimate of drug-likeness (QED) is 0.489. The minimum atomic E-state index is -1.54. The van der Waals surface area contributed by atoms with Gasteiger partial charge in [-0.05, 0) is 23.8 Å². The summed E-state index contributed by atoms with van der Waals surface area (Å²) >= 11 is 0. The Morgan fingerprint density at radius 1 is 1.42 bits per heavy atom. The molecular formula is C9H6F2O. The Kier molecular flexibility index (Phi) is 2.69. The van der Waals surface area contributed by atoms with E-state index < -0.39 is 11.9 Å². The molecular weight excluding hydrogens is 162 g/mol. The molecule has 0 saturated carbocycles. The first kappa shape index (κ1) is 8.59. The highest BCUT2D eigenvalue weighted by Gasteiger charge is 1.91. The monoisotopic (exact) mass is 168 g/mol. The van der Waals surface area contributed by atoms with Crippen LogP contribution in [0.4, 0.5) is 8.78 Å². The van der Waals surface area contributed by atoms with Gasteiger partial charge < -0.3 is 0 Å². The molecule has 0 unspecified atom stereocenters. The van der Waals surface area contributed by atoms with E-state index in [4.69, 9.17) is 0 Å². The predicted octanol–water partition coefficient (Wildman–Crippen LogP) is 2.33. The first-order chi connectivity index (χ1) is 5.68. The lowest BCUT2D eigenvalue weighted by Gasteiger charge is -1.90. The molecule has 0 bridgehead atoms. The van der Waals surface area contributed by atoms with Crippen LogP contribution < -0.4 is 0 Å². The van der Waals surface area contributed by atoms with E-state index in [-0.39, 0.29) is 0 Å². The summed E-state index contributed by atoms with van der Waals surface area (Å²) in [6.07, 6.45) is 1.96. The normalized spacial score (nSPS) is 10.5. The van der Waals surface area contributed by atoms with E-state index in [0.29, 0.717) is 5.56 Å². The topological polar surface area (TPSA) is 17.1 Å². The van der Waals surface area contributed by atoms with Crippen molar-refractivity contribution >= 4 is 12.1 Å². The van der Waals surface area contributed by atoms with Gasteiger partial charge in [-0.15, -0.1) is 0 Å². The maximum atomic E-state index is 12.5. The third-order valence-electron chi connectivity index (χ3n) is 1.26. The zero-order valence-corrected chi connectivity index (χ0v) is 6.13. The lowest BCUT2D eigenvalue weighted by molar-refractivity contribution is -0.124. The number of hydrogen-bond acceptors (Lipinski definition) is 1. The van der Waals surface area contributed by atoms with E-state index >= 15 is 0 Å². The molecule has 0 aromatic heterocycles. The van der Waals surface area contributed by atoms with E-state index in [9.17, 15) is 13.6 Å². The SMILES string of the molecule is O=C(F)/C=C/c1cccc(F)c1. The highest BCUT2D eigenvalue weighted by atomic mass is 19.1. The van der Waals surface area contributed by atoms with Crippen molar-refractivity contribution in [3.05, 3.63) is 41.7 Å². The van der Waals surface area contributed by atoms with Crippen molar-refractivity contribution in [2.75, 3.05) is 0 Å². The molecule has 3 heteroatoms. The van der Waals surface area contributed by atoms with Crippen molar-refractivity contribution in [1.29, 1.82) is 0 Å². The van der Waals surface area contributed by atoms with Gasteiger partial charge in [0.2, 0.25) is 0 Å². The largest absolute Gasteiger partial charge is 0.324 e. The van der Waals surface area contributed by atoms with Gasteiger partial charge in [0, 0.05) is 6.08 Å². The molecule has 0 atom stereocenters. The molecule has 0 radical (unpaired) electrons. The molecule has 0 aliphatic heterocycles. The molecule has 0 heterocycles. The van der Waals surface area contributed by atoms with Gasteiger partial charge in [-0.3, -0.25) is 4.79 Å². The van der Waals surface area contributed by atoms with Crippen molar-refractivity contribution in [3.63, 3.8) is 0 Å². The van der Waals surface area contributed by atoms with Gasteiger partial charge in [0.15, 0.2) is 0 Å². The third-order valence-corrected chi connectivity index (χ3v) is 1.26. The number of benzene rings is 1. The summed E-state index contributed by atoms with van der Waals surface area (Å²) in [6, 6.07) is 3.99. The minimum absolute atomic E-state index is 0.413. The van der Waals surface area contributed by atoms with Crippen molar-refractivity contribution in [2.24, 2.45) is 0 Å². The van der Waals surface area contributed by atoms with E-state index in [1.807, 2.05) is 0 Å². The van der Waals surface area contributed by atoms with E-state index in [0.717, 1.165) is 6.08 Å². The van der Waals surface area contributed by atoms with Crippen LogP contribution in [0.15, 0.2) is 30.3 Å². The molecule has 0 spiro atoms. The maximum absolute atomic E-state index is 12.5. The highest BCUT2D eigenvalue weighted by molar-refractivity contribution is 5.85. The lowest BCUT2D eigenvalue weighted by atomic mass is 10.2. The van der Waals surface area contributed by atoms with E-state index in [1.165, 1.54) is 24.3 Å². The van der Waals surface area contributed by atoms with Gasteiger partial charge in [0.05, 0.1) is 0 Å². The second kappa shape index (κ2) is 3.76. The summed E-state index contributed by atoms with van der Waals surface area (Å²) in [5.74, 6) is -0.413. The fourth-order valence-electron chi connectivity index (χ4n) is 0.772. The molecule has 1 aromatic carbocycles. The molecule has 1 aromatic rings. The van der Waals surface area contributed by atoms with Crippen LogP contribution in [0.25, 0.3) is 6.08 Å². The van der Waals surface area contributed by atoms with Gasteiger partial charge in [-0.25, -0.2) is 4.39 Å². The van der Waals surface area contributed by atoms with Crippen LogP contribution in [0.3, 0.4) is 0 Å². The Balaban J connectivity index is 2.83. The Morgan fingerprint density at radius 2 is 2.17 bits per heavy atom. The Morgan fingerprint density at radius 3 is 2.75 bits per heavy atom. The highest BCUT2D eigenvalue weighted by Crippen LogP contribution is 2.05. The second-order valence-electron chi connectivity index (χ2n) is 2.19. The standard InChI is InChI=1S/C9H6F2O/c10-8-3-1-2-7(6-8)4-5-9(11)12/h1-6H/b5-4+. The number of carbonyl (C=O) groups is 1. The van der Waals surface area contributed by atoms with Gasteiger partial charge >= 0.3 is 6.04 Å². The molecule has 62 valence electrons. The fourth-order valence-corrected chi connectivity index (χ4v) is 0.772. The number of allylic oxidation sites excluding steroid dienone is 1. The number of carbonyl (C=O) groups excluding carboxylic acids is 1. The third kappa shape index (κ3) is 2.62. The van der Waals surface area contributed by atoms with E-state index in [1.54, 1.807) is 6.07 Å². The predicted molar refractivity (Wildman–Crippen MR) is 41.5 cm³/mol. The molecule has 0 amide bonds. The summed E-state index contributed by atoms with van der Waals surface area (Å²) in [7, 11) is 0. The molecule has 0 aliphatic carbocycles. The summed E-state index contributed by atoms with van der Waals surface area (Å²) in [5, 5.41) is 0. The van der Waals surface area contributed by atoms with Crippen molar-refractivity contribution in [1.82, 2.24) is 0 Å². The Labute approximate surface area is 68.3 Å². The Hall–Kier alpha value is -1.51. The van der Waals surface area contributed by atoms with Gasteiger partial charge in [-0.1, -0.05) is 12.1 Å². The number of halogens is 2. The summed E-state index contributed by atoms with van der Waals surface area (Å²) in [5.41, 5.74) is 0.459. The van der Waals surface area contributed by atoms with Crippen LogP contribution in [-0.2, 0) is 4.79 Å². The van der Waals surface area contributed by atoms with E-state index in [2.05, 4.69) is 0 Å². The first-order valence-corrected chi connectivity index (χ1v) is 3.31. The number of hydrogen-bond donors (Lipinski definition) is 0. The lowest BCUT2D eigenvalue weighted by Crippen LogP contribution is -1.79. The molecule has 12 heavy (non-hydrogen) atoms. The van der Waals surface area contributed by atoms with Gasteiger partial charge in [0.1, 0.15) is 5.82 Å². The second-order valence-corrected chi connectivity index (χ2v) is 2.19. The van der Waals surface area contributed by atoms with Crippen LogP contribution in [0.1, 0.15) is 5.56 Å². The van der Waals surface area contributed by atoms with Crippen molar-refractivity contribution in [2.45, 2.75) is 0 Å². The number of rotatable bonds is 2. The molecule has 1 rings (SSSR count). The molecule has 0 N–H and O–H groups in total. The molecule has 0 aliphatic rings. The average molecular weight is 168 g/mol. The summed E-state index contributed by atoms with van der Waals surface area (Å²) in [6.45, 7) is 0. The molecule has 0 fully saturated rings. The maximum Gasteiger partial charge on any atom is 0.324 e.